The lowest BCUT2D eigenvalue weighted by Crippen LogP contribution is -2.61. The standard InChI is InChI=1S/C12H13BrO2/c13-11-7-3-4-6(7)10-8(11)5(3)9(4)12(10)14-1-2-15-12/h3-11H,1-2H2/t3-,4+,5+,6+,7-,8-,9+,10+,11+/m0/s1. The molecule has 6 aliphatic carbocycles. The molecule has 0 N–H and O–H groups in total. The van der Waals surface area contributed by atoms with Gasteiger partial charge in [-0.2, -0.15) is 0 Å². The highest BCUT2D eigenvalue weighted by Crippen LogP contribution is 2.92. The molecule has 1 saturated heterocycles. The van der Waals surface area contributed by atoms with E-state index in [0.717, 1.165) is 65.4 Å². The Morgan fingerprint density at radius 2 is 1.40 bits per heavy atom. The van der Waals surface area contributed by atoms with Crippen molar-refractivity contribution in [3.05, 3.63) is 0 Å². The van der Waals surface area contributed by atoms with Gasteiger partial charge in [0.1, 0.15) is 0 Å². The quantitative estimate of drug-likeness (QED) is 0.620. The summed E-state index contributed by atoms with van der Waals surface area (Å²) in [6.45, 7) is 1.68. The predicted octanol–water partition coefficient (Wildman–Crippen LogP) is 1.49. The van der Waals surface area contributed by atoms with Crippen LogP contribution in [0.15, 0.2) is 0 Å². The maximum atomic E-state index is 6.09. The number of halogens is 1. The highest BCUT2D eigenvalue weighted by molar-refractivity contribution is 9.09. The van der Waals surface area contributed by atoms with Crippen molar-refractivity contribution in [2.24, 2.45) is 47.3 Å². The van der Waals surface area contributed by atoms with Gasteiger partial charge in [-0.1, -0.05) is 15.9 Å². The van der Waals surface area contributed by atoms with Gasteiger partial charge in [0.2, 0.25) is 0 Å². The van der Waals surface area contributed by atoms with Gasteiger partial charge in [0.25, 0.3) is 0 Å². The minimum absolute atomic E-state index is 0.0849. The normalized spacial score (nSPS) is 77.8. The minimum atomic E-state index is -0.0849. The molecule has 7 aliphatic rings. The van der Waals surface area contributed by atoms with E-state index < -0.39 is 0 Å². The van der Waals surface area contributed by atoms with Crippen molar-refractivity contribution < 1.29 is 9.47 Å². The van der Waals surface area contributed by atoms with Crippen molar-refractivity contribution in [2.45, 2.75) is 10.6 Å². The maximum Gasteiger partial charge on any atom is 0.175 e. The molecule has 7 fully saturated rings. The molecule has 1 spiro atoms. The van der Waals surface area contributed by atoms with Crippen LogP contribution in [-0.2, 0) is 9.47 Å². The van der Waals surface area contributed by atoms with Crippen molar-refractivity contribution in [3.8, 4) is 0 Å². The van der Waals surface area contributed by atoms with E-state index in [9.17, 15) is 0 Å². The van der Waals surface area contributed by atoms with Crippen molar-refractivity contribution in [2.75, 3.05) is 13.2 Å². The van der Waals surface area contributed by atoms with Crippen molar-refractivity contribution in [1.29, 1.82) is 0 Å². The van der Waals surface area contributed by atoms with Gasteiger partial charge in [0.15, 0.2) is 5.79 Å². The van der Waals surface area contributed by atoms with Crippen LogP contribution in [0.4, 0.5) is 0 Å². The van der Waals surface area contributed by atoms with Crippen LogP contribution in [0.25, 0.3) is 0 Å². The van der Waals surface area contributed by atoms with Crippen LogP contribution in [0.3, 0.4) is 0 Å². The highest BCUT2D eigenvalue weighted by Gasteiger charge is 2.94. The van der Waals surface area contributed by atoms with Crippen LogP contribution in [-0.4, -0.2) is 23.8 Å². The zero-order valence-electron chi connectivity index (χ0n) is 8.30. The Kier molecular flexibility index (Phi) is 0.946. The molecule has 1 aliphatic heterocycles. The summed E-state index contributed by atoms with van der Waals surface area (Å²) in [5.74, 6) is 7.38. The van der Waals surface area contributed by atoms with Crippen molar-refractivity contribution in [3.63, 3.8) is 0 Å². The van der Waals surface area contributed by atoms with E-state index in [1.165, 1.54) is 0 Å². The zero-order chi connectivity index (χ0) is 9.52. The first-order valence-electron chi connectivity index (χ1n) is 6.28. The molecule has 0 aromatic heterocycles. The molecule has 15 heavy (non-hydrogen) atoms. The Labute approximate surface area is 96.8 Å². The molecule has 0 amide bonds. The molecule has 0 radical (unpaired) electrons. The lowest BCUT2D eigenvalue weighted by Gasteiger charge is -2.63. The molecule has 4 bridgehead atoms. The third kappa shape index (κ3) is 0.460. The molecule has 7 rings (SSSR count). The summed E-state index contributed by atoms with van der Waals surface area (Å²) in [5, 5.41) is 0. The molecule has 3 heteroatoms. The average molecular weight is 269 g/mol. The SMILES string of the molecule is Br[C@@H]1[C@H]2[C@H]3[C@@H]4[C@H]2[C@@H]2[C@@H]1[C@@H]3[C@@H]4C21OCCO1. The minimum Gasteiger partial charge on any atom is -0.347 e. The van der Waals surface area contributed by atoms with Gasteiger partial charge in [-0.15, -0.1) is 0 Å². The first kappa shape index (κ1) is 7.67. The number of alkyl halides is 1. The summed E-state index contributed by atoms with van der Waals surface area (Å²) < 4.78 is 12.2. The summed E-state index contributed by atoms with van der Waals surface area (Å²) in [6, 6.07) is 0. The fourth-order valence-electron chi connectivity index (χ4n) is 6.91. The van der Waals surface area contributed by atoms with Gasteiger partial charge in [-0.25, -0.2) is 0 Å². The van der Waals surface area contributed by atoms with Gasteiger partial charge in [0.05, 0.1) is 13.2 Å². The summed E-state index contributed by atoms with van der Waals surface area (Å²) in [6.07, 6.45) is 0. The Bertz CT molecular complexity index is 389. The Balaban J connectivity index is 1.63. The first-order valence-corrected chi connectivity index (χ1v) is 7.20. The summed E-state index contributed by atoms with van der Waals surface area (Å²) in [7, 11) is 0. The average Bonchev–Trinajstić information content (AvgIpc) is 2.87. The van der Waals surface area contributed by atoms with E-state index in [-0.39, 0.29) is 5.79 Å². The number of ether oxygens (including phenoxy) is 2. The molecule has 0 aromatic carbocycles. The lowest BCUT2D eigenvalue weighted by atomic mass is 9.41. The maximum absolute atomic E-state index is 6.09. The summed E-state index contributed by atoms with van der Waals surface area (Å²) in [5.41, 5.74) is 0. The molecule has 0 aromatic rings. The molecule has 0 unspecified atom stereocenters. The van der Waals surface area contributed by atoms with E-state index in [1.807, 2.05) is 0 Å². The summed E-state index contributed by atoms with van der Waals surface area (Å²) >= 11 is 3.96. The van der Waals surface area contributed by atoms with Crippen molar-refractivity contribution >= 4 is 15.9 Å². The Morgan fingerprint density at radius 1 is 0.800 bits per heavy atom. The van der Waals surface area contributed by atoms with Crippen LogP contribution < -0.4 is 0 Å². The third-order valence-electron chi connectivity index (χ3n) is 6.73. The second kappa shape index (κ2) is 1.85. The molecule has 2 nitrogen and oxygen atoms in total. The first-order chi connectivity index (χ1) is 7.36. The lowest BCUT2D eigenvalue weighted by molar-refractivity contribution is -0.226. The fraction of sp³-hybridized carbons (Fsp3) is 1.00. The van der Waals surface area contributed by atoms with Crippen LogP contribution in [0.5, 0.6) is 0 Å². The topological polar surface area (TPSA) is 18.5 Å². The van der Waals surface area contributed by atoms with E-state index in [1.54, 1.807) is 0 Å². The Morgan fingerprint density at radius 3 is 2.07 bits per heavy atom. The molecular weight excluding hydrogens is 256 g/mol. The zero-order valence-corrected chi connectivity index (χ0v) is 9.89. The molecule has 6 saturated carbocycles. The van der Waals surface area contributed by atoms with Crippen LogP contribution in [0, 0.1) is 47.3 Å². The number of hydrogen-bond donors (Lipinski definition) is 0. The fourth-order valence-corrected chi connectivity index (χ4v) is 8.30. The van der Waals surface area contributed by atoms with Gasteiger partial charge >= 0.3 is 0 Å². The second-order valence-corrected chi connectivity index (χ2v) is 7.44. The molecule has 9 atom stereocenters. The molecule has 80 valence electrons. The van der Waals surface area contributed by atoms with E-state index >= 15 is 0 Å². The largest absolute Gasteiger partial charge is 0.347 e. The van der Waals surface area contributed by atoms with Crippen LogP contribution >= 0.6 is 15.9 Å². The molecular formula is C12H13BrO2. The molecule has 1 heterocycles. The van der Waals surface area contributed by atoms with Gasteiger partial charge < -0.3 is 9.47 Å². The van der Waals surface area contributed by atoms with Crippen molar-refractivity contribution in [1.82, 2.24) is 0 Å². The van der Waals surface area contributed by atoms with Crippen LogP contribution in [0.2, 0.25) is 0 Å². The van der Waals surface area contributed by atoms with Gasteiger partial charge in [-0.05, 0) is 35.5 Å². The smallest absolute Gasteiger partial charge is 0.175 e. The number of hydrogen-bond acceptors (Lipinski definition) is 2. The van der Waals surface area contributed by atoms with Gasteiger partial charge in [0, 0.05) is 16.7 Å². The van der Waals surface area contributed by atoms with E-state index in [2.05, 4.69) is 15.9 Å². The monoisotopic (exact) mass is 268 g/mol. The van der Waals surface area contributed by atoms with E-state index in [0.29, 0.717) is 0 Å². The highest BCUT2D eigenvalue weighted by atomic mass is 79.9. The summed E-state index contributed by atoms with van der Waals surface area (Å²) in [4.78, 5) is 0.802. The van der Waals surface area contributed by atoms with Gasteiger partial charge in [-0.3, -0.25) is 0 Å². The van der Waals surface area contributed by atoms with Crippen LogP contribution in [0.1, 0.15) is 0 Å². The second-order valence-electron chi connectivity index (χ2n) is 6.38. The van der Waals surface area contributed by atoms with E-state index in [4.69, 9.17) is 9.47 Å². The third-order valence-corrected chi connectivity index (χ3v) is 7.95. The Hall–Kier alpha value is 0.400. The number of rotatable bonds is 0. The predicted molar refractivity (Wildman–Crippen MR) is 55.3 cm³/mol.